The molecule has 3 heterocycles. The van der Waals surface area contributed by atoms with Crippen LogP contribution in [0.3, 0.4) is 0 Å². The second-order valence-corrected chi connectivity index (χ2v) is 10.2. The predicted octanol–water partition coefficient (Wildman–Crippen LogP) is 1.35. The Labute approximate surface area is 225 Å². The predicted molar refractivity (Wildman–Crippen MR) is 147 cm³/mol. The van der Waals surface area contributed by atoms with Crippen LogP contribution in [0.5, 0.6) is 0 Å². The Kier molecular flexibility index (Phi) is 9.91. The fourth-order valence-corrected chi connectivity index (χ4v) is 5.01. The second-order valence-electron chi connectivity index (χ2n) is 10.2. The number of methoxy groups -OCH3 is 1. The number of hydrogen-bond donors (Lipinski definition) is 3. The Hall–Kier alpha value is -3.21. The molecule has 38 heavy (non-hydrogen) atoms. The number of likely N-dealkylation sites (N-methyl/N-ethyl adjacent to an activating group) is 1. The van der Waals surface area contributed by atoms with Crippen LogP contribution in [0.4, 0.5) is 11.5 Å². The Morgan fingerprint density at radius 2 is 2.00 bits per heavy atom. The SMILES string of the molecule is COCCN(C)c1cc(NC2CCN(C=O)CC2)cc(C(=O)NCC(O)CN2CCc3ccccc3C2)n1. The molecule has 1 aromatic heterocycles. The fourth-order valence-electron chi connectivity index (χ4n) is 5.01. The van der Waals surface area contributed by atoms with E-state index in [1.165, 1.54) is 11.1 Å². The van der Waals surface area contributed by atoms with E-state index in [9.17, 15) is 14.7 Å². The van der Waals surface area contributed by atoms with E-state index in [0.29, 0.717) is 44.3 Å². The smallest absolute Gasteiger partial charge is 0.270 e. The largest absolute Gasteiger partial charge is 0.390 e. The zero-order valence-electron chi connectivity index (χ0n) is 22.4. The van der Waals surface area contributed by atoms with Crippen LogP contribution in [-0.4, -0.2) is 104 Å². The maximum absolute atomic E-state index is 13.1. The van der Waals surface area contributed by atoms with Crippen molar-refractivity contribution in [2.75, 3.05) is 70.2 Å². The lowest BCUT2D eigenvalue weighted by atomic mass is 10.00. The van der Waals surface area contributed by atoms with Crippen LogP contribution in [-0.2, 0) is 22.5 Å². The molecule has 2 aromatic rings. The van der Waals surface area contributed by atoms with Gasteiger partial charge in [0.1, 0.15) is 11.5 Å². The summed E-state index contributed by atoms with van der Waals surface area (Å²) in [6.45, 7) is 4.92. The number of benzene rings is 1. The third-order valence-electron chi connectivity index (χ3n) is 7.29. The van der Waals surface area contributed by atoms with Crippen molar-refractivity contribution in [2.24, 2.45) is 0 Å². The molecule has 4 rings (SSSR count). The number of nitrogens with one attached hydrogen (secondary N) is 2. The van der Waals surface area contributed by atoms with Gasteiger partial charge in [0.15, 0.2) is 0 Å². The van der Waals surface area contributed by atoms with Crippen molar-refractivity contribution in [2.45, 2.75) is 38.0 Å². The van der Waals surface area contributed by atoms with Gasteiger partial charge in [-0.1, -0.05) is 24.3 Å². The Bertz CT molecular complexity index is 1080. The summed E-state index contributed by atoms with van der Waals surface area (Å²) in [6, 6.07) is 12.3. The number of hydrogen-bond acceptors (Lipinski definition) is 8. The van der Waals surface area contributed by atoms with Crippen molar-refractivity contribution < 1.29 is 19.4 Å². The molecule has 1 unspecified atom stereocenters. The van der Waals surface area contributed by atoms with Gasteiger partial charge in [-0.15, -0.1) is 0 Å². The van der Waals surface area contributed by atoms with E-state index < -0.39 is 6.10 Å². The van der Waals surface area contributed by atoms with E-state index in [-0.39, 0.29) is 18.5 Å². The number of aliphatic hydroxyl groups is 1. The maximum Gasteiger partial charge on any atom is 0.270 e. The highest BCUT2D eigenvalue weighted by molar-refractivity contribution is 5.93. The maximum atomic E-state index is 13.1. The molecule has 10 nitrogen and oxygen atoms in total. The number of anilines is 2. The number of pyridine rings is 1. The lowest BCUT2D eigenvalue weighted by Crippen LogP contribution is -2.42. The average molecular weight is 525 g/mol. The molecule has 2 aliphatic rings. The van der Waals surface area contributed by atoms with Gasteiger partial charge in [0, 0.05) is 77.8 Å². The van der Waals surface area contributed by atoms with Gasteiger partial charge in [-0.2, -0.15) is 0 Å². The number of ether oxygens (including phenoxy) is 1. The summed E-state index contributed by atoms with van der Waals surface area (Å²) >= 11 is 0. The Morgan fingerprint density at radius 3 is 2.74 bits per heavy atom. The minimum Gasteiger partial charge on any atom is -0.390 e. The number of carbonyl (C=O) groups excluding carboxylic acids is 2. The third kappa shape index (κ3) is 7.66. The Morgan fingerprint density at radius 1 is 1.24 bits per heavy atom. The molecular weight excluding hydrogens is 484 g/mol. The van der Waals surface area contributed by atoms with Crippen molar-refractivity contribution in [3.8, 4) is 0 Å². The van der Waals surface area contributed by atoms with E-state index in [1.54, 1.807) is 18.1 Å². The number of β-amino-alcohol motifs (C(OH)–C–C–N with tert-alkyl or cyclic N) is 1. The molecule has 2 aliphatic heterocycles. The number of rotatable bonds is 12. The molecule has 3 N–H and O–H groups in total. The monoisotopic (exact) mass is 524 g/mol. The summed E-state index contributed by atoms with van der Waals surface area (Å²) in [6.07, 6.45) is 2.85. The van der Waals surface area contributed by atoms with Crippen LogP contribution >= 0.6 is 0 Å². The molecule has 2 amide bonds. The van der Waals surface area contributed by atoms with E-state index in [0.717, 1.165) is 44.4 Å². The van der Waals surface area contributed by atoms with E-state index >= 15 is 0 Å². The number of piperidine rings is 1. The van der Waals surface area contributed by atoms with Crippen LogP contribution in [0.15, 0.2) is 36.4 Å². The van der Waals surface area contributed by atoms with Gasteiger partial charge in [-0.25, -0.2) is 4.98 Å². The molecule has 1 atom stereocenters. The molecule has 0 radical (unpaired) electrons. The normalized spacial score (nSPS) is 17.0. The molecule has 0 aliphatic carbocycles. The van der Waals surface area contributed by atoms with Crippen LogP contribution in [0.25, 0.3) is 0 Å². The summed E-state index contributed by atoms with van der Waals surface area (Å²) in [7, 11) is 3.56. The molecule has 1 saturated heterocycles. The van der Waals surface area contributed by atoms with Crippen molar-refractivity contribution in [3.63, 3.8) is 0 Å². The topological polar surface area (TPSA) is 110 Å². The first-order chi connectivity index (χ1) is 18.4. The number of nitrogens with zero attached hydrogens (tertiary/aromatic N) is 4. The summed E-state index contributed by atoms with van der Waals surface area (Å²) in [5, 5.41) is 17.0. The van der Waals surface area contributed by atoms with E-state index in [4.69, 9.17) is 4.74 Å². The van der Waals surface area contributed by atoms with E-state index in [1.807, 2.05) is 24.1 Å². The molecular formula is C28H40N6O4. The number of fused-ring (bicyclic) bond motifs is 1. The summed E-state index contributed by atoms with van der Waals surface area (Å²) < 4.78 is 5.20. The first-order valence-electron chi connectivity index (χ1n) is 13.4. The highest BCUT2D eigenvalue weighted by atomic mass is 16.5. The van der Waals surface area contributed by atoms with Crippen LogP contribution in [0.1, 0.15) is 34.5 Å². The molecule has 0 saturated carbocycles. The van der Waals surface area contributed by atoms with E-state index in [2.05, 4.69) is 38.7 Å². The molecule has 0 bridgehead atoms. The van der Waals surface area contributed by atoms with Gasteiger partial charge in [-0.3, -0.25) is 14.5 Å². The lowest BCUT2D eigenvalue weighted by molar-refractivity contribution is -0.118. The first kappa shape index (κ1) is 27.8. The zero-order chi connectivity index (χ0) is 26.9. The molecule has 0 spiro atoms. The molecule has 1 fully saturated rings. The van der Waals surface area contributed by atoms with Crippen LogP contribution in [0.2, 0.25) is 0 Å². The zero-order valence-corrected chi connectivity index (χ0v) is 22.4. The highest BCUT2D eigenvalue weighted by Crippen LogP contribution is 2.22. The molecule has 1 aromatic carbocycles. The number of amides is 2. The lowest BCUT2D eigenvalue weighted by Gasteiger charge is -2.31. The Balaban J connectivity index is 1.37. The van der Waals surface area contributed by atoms with Crippen LogP contribution < -0.4 is 15.5 Å². The van der Waals surface area contributed by atoms with Crippen LogP contribution in [0, 0.1) is 0 Å². The van der Waals surface area contributed by atoms with Crippen molar-refractivity contribution in [1.29, 1.82) is 0 Å². The minimum absolute atomic E-state index is 0.148. The number of aromatic nitrogens is 1. The van der Waals surface area contributed by atoms with Gasteiger partial charge in [0.25, 0.3) is 5.91 Å². The van der Waals surface area contributed by atoms with Gasteiger partial charge in [0.2, 0.25) is 6.41 Å². The molecule has 206 valence electrons. The van der Waals surface area contributed by atoms with Crippen molar-refractivity contribution in [3.05, 3.63) is 53.2 Å². The average Bonchev–Trinajstić information content (AvgIpc) is 2.94. The van der Waals surface area contributed by atoms with Crippen molar-refractivity contribution >= 4 is 23.8 Å². The summed E-state index contributed by atoms with van der Waals surface area (Å²) in [5.41, 5.74) is 3.76. The quantitative estimate of drug-likeness (QED) is 0.357. The summed E-state index contributed by atoms with van der Waals surface area (Å²) in [5.74, 6) is 0.337. The standard InChI is InChI=1S/C28H40N6O4/c1-32(13-14-38-2)27-16-24(30-23-8-11-33(20-35)12-9-23)15-26(31-27)28(37)29-17-25(36)19-34-10-7-21-5-3-4-6-22(21)18-34/h3-6,15-16,20,23,25,36H,7-14,17-19H2,1-2H3,(H,29,37)(H,30,31). The number of likely N-dealkylation sites (tertiary alicyclic amines) is 1. The fraction of sp³-hybridized carbons (Fsp3) is 0.536. The van der Waals surface area contributed by atoms with Gasteiger partial charge < -0.3 is 30.3 Å². The highest BCUT2D eigenvalue weighted by Gasteiger charge is 2.21. The van der Waals surface area contributed by atoms with Gasteiger partial charge >= 0.3 is 0 Å². The second kappa shape index (κ2) is 13.5. The first-order valence-corrected chi connectivity index (χ1v) is 13.4. The van der Waals surface area contributed by atoms with Crippen molar-refractivity contribution in [1.82, 2.24) is 20.1 Å². The number of aliphatic hydroxyl groups excluding tert-OH is 1. The van der Waals surface area contributed by atoms with Gasteiger partial charge in [0.05, 0.1) is 12.7 Å². The molecule has 10 heteroatoms. The summed E-state index contributed by atoms with van der Waals surface area (Å²) in [4.78, 5) is 34.7. The van der Waals surface area contributed by atoms with Gasteiger partial charge in [-0.05, 0) is 36.5 Å². The third-order valence-corrected chi connectivity index (χ3v) is 7.29. The minimum atomic E-state index is -0.683. The number of carbonyl (C=O) groups is 2.